The van der Waals surface area contributed by atoms with E-state index in [4.69, 9.17) is 60.1 Å². The van der Waals surface area contributed by atoms with Crippen LogP contribution < -0.4 is 33.1 Å². The summed E-state index contributed by atoms with van der Waals surface area (Å²) < 4.78 is 33.8. The number of halogens is 2. The van der Waals surface area contributed by atoms with Gasteiger partial charge in [-0.05, 0) is 31.0 Å². The number of rotatable bonds is 24. The zero-order valence-corrected chi connectivity index (χ0v) is 31.9. The van der Waals surface area contributed by atoms with E-state index in [1.807, 2.05) is 18.2 Å². The molecule has 4 N–H and O–H groups in total. The Morgan fingerprint density at radius 1 is 0.706 bits per heavy atom. The smallest absolute Gasteiger partial charge is 0.233 e. The Hall–Kier alpha value is -2.27. The molecule has 2 aliphatic rings. The third kappa shape index (κ3) is 17.0. The van der Waals surface area contributed by atoms with Crippen LogP contribution >= 0.6 is 11.6 Å². The van der Waals surface area contributed by atoms with Gasteiger partial charge >= 0.3 is 0 Å². The Kier molecular flexibility index (Phi) is 21.0. The summed E-state index contributed by atoms with van der Waals surface area (Å²) in [5, 5.41) is 19.7. The van der Waals surface area contributed by atoms with Crippen LogP contribution in [0.15, 0.2) is 18.2 Å². The zero-order chi connectivity index (χ0) is 35.3. The quantitative estimate of drug-likeness (QED) is 0.0697. The number of likely N-dealkylation sites (tertiary alicyclic amines) is 1. The first kappa shape index (κ1) is 43.1. The molecule has 0 bridgehead atoms. The number of hydrogen-bond acceptors (Lipinski definition) is 13. The summed E-state index contributed by atoms with van der Waals surface area (Å²) in [6, 6.07) is 6.16. The van der Waals surface area contributed by atoms with Crippen LogP contribution in [0.2, 0.25) is 5.02 Å². The zero-order valence-electron chi connectivity index (χ0n) is 30.4. The standard InChI is InChI=1S/C35H59ClN7O7.ClH/c1-43(15-17-46-19-21-48-23-25-50-26-24-49-22-20-47-18-16-44)13-11-29(12-14-43)38-34-40-33(37-28-7-5-3-4-6-8-28)41-35(42-34)39-30-9-10-32(45-2)31(36)27-30;/h9-10,27-29,44H,3-8,11-26H2,1-2H3,(H3,37,38,39,40,41,42);1H/q+1;/p-1. The van der Waals surface area contributed by atoms with Crippen molar-refractivity contribution in [1.82, 2.24) is 15.0 Å². The number of aliphatic hydroxyl groups excluding tert-OH is 1. The van der Waals surface area contributed by atoms with Crippen LogP contribution in [0.5, 0.6) is 5.75 Å². The molecule has 0 amide bonds. The van der Waals surface area contributed by atoms with E-state index in [0.717, 1.165) is 55.5 Å². The van der Waals surface area contributed by atoms with Crippen molar-refractivity contribution >= 4 is 35.1 Å². The van der Waals surface area contributed by atoms with Crippen molar-refractivity contribution in [3.8, 4) is 5.75 Å². The molecule has 2 fully saturated rings. The molecule has 4 rings (SSSR count). The largest absolute Gasteiger partial charge is 1.00 e. The molecule has 1 saturated carbocycles. The molecule has 0 radical (unpaired) electrons. The topological polar surface area (TPSA) is 150 Å². The number of methoxy groups -OCH3 is 1. The van der Waals surface area contributed by atoms with Gasteiger partial charge in [0.2, 0.25) is 17.8 Å². The summed E-state index contributed by atoms with van der Waals surface area (Å²) >= 11 is 6.38. The van der Waals surface area contributed by atoms with E-state index in [1.165, 1.54) is 25.7 Å². The van der Waals surface area contributed by atoms with Crippen molar-refractivity contribution in [2.45, 2.75) is 63.5 Å². The van der Waals surface area contributed by atoms with Crippen molar-refractivity contribution in [2.24, 2.45) is 0 Å². The number of aliphatic hydroxyl groups is 1. The van der Waals surface area contributed by atoms with Gasteiger partial charge in [-0.15, -0.1) is 0 Å². The van der Waals surface area contributed by atoms with E-state index < -0.39 is 0 Å². The number of aromatic nitrogens is 3. The minimum Gasteiger partial charge on any atom is -1.00 e. The van der Waals surface area contributed by atoms with Gasteiger partial charge in [0, 0.05) is 30.6 Å². The van der Waals surface area contributed by atoms with Crippen molar-refractivity contribution < 1.29 is 50.4 Å². The first-order valence-corrected chi connectivity index (χ1v) is 18.6. The summed E-state index contributed by atoms with van der Waals surface area (Å²) in [6.07, 6.45) is 9.28. The molecule has 2 aromatic rings. The van der Waals surface area contributed by atoms with Crippen molar-refractivity contribution in [1.29, 1.82) is 0 Å². The number of anilines is 4. The maximum absolute atomic E-state index is 8.65. The van der Waals surface area contributed by atoms with Gasteiger partial charge in [0.1, 0.15) is 12.3 Å². The van der Waals surface area contributed by atoms with Gasteiger partial charge in [0.15, 0.2) is 0 Å². The summed E-state index contributed by atoms with van der Waals surface area (Å²) in [4.78, 5) is 14.3. The fourth-order valence-corrected chi connectivity index (χ4v) is 6.37. The lowest BCUT2D eigenvalue weighted by atomic mass is 10.0. The number of ether oxygens (including phenoxy) is 6. The average Bonchev–Trinajstić information content (AvgIpc) is 3.38. The first-order chi connectivity index (χ1) is 24.5. The molecular weight excluding hydrogens is 701 g/mol. The van der Waals surface area contributed by atoms with Crippen LogP contribution in [-0.4, -0.2) is 143 Å². The molecule has 1 aliphatic heterocycles. The van der Waals surface area contributed by atoms with Gasteiger partial charge in [-0.25, -0.2) is 0 Å². The van der Waals surface area contributed by atoms with Gasteiger partial charge < -0.3 is 66.4 Å². The number of likely N-dealkylation sites (N-methyl/N-ethyl adjacent to an activating group) is 1. The third-order valence-electron chi connectivity index (χ3n) is 9.10. The summed E-state index contributed by atoms with van der Waals surface area (Å²) in [7, 11) is 3.90. The minimum atomic E-state index is 0. The summed E-state index contributed by atoms with van der Waals surface area (Å²) in [6.45, 7) is 8.26. The molecule has 1 aromatic heterocycles. The van der Waals surface area contributed by atoms with Gasteiger partial charge in [-0.2, -0.15) is 15.0 Å². The lowest BCUT2D eigenvalue weighted by Crippen LogP contribution is -3.00. The van der Waals surface area contributed by atoms with Crippen LogP contribution in [0.3, 0.4) is 0 Å². The molecular formula is C35H59Cl2N7O7. The van der Waals surface area contributed by atoms with Crippen LogP contribution in [0.25, 0.3) is 0 Å². The predicted molar refractivity (Wildman–Crippen MR) is 195 cm³/mol. The fourth-order valence-electron chi connectivity index (χ4n) is 6.11. The van der Waals surface area contributed by atoms with E-state index in [9.17, 15) is 0 Å². The number of nitrogens with zero attached hydrogens (tertiary/aromatic N) is 4. The maximum atomic E-state index is 8.65. The Bertz CT molecular complexity index is 1220. The monoisotopic (exact) mass is 759 g/mol. The highest BCUT2D eigenvalue weighted by Crippen LogP contribution is 2.29. The molecule has 51 heavy (non-hydrogen) atoms. The van der Waals surface area contributed by atoms with Crippen molar-refractivity contribution in [2.75, 3.05) is 122 Å². The minimum absolute atomic E-state index is 0. The second kappa shape index (κ2) is 24.9. The molecule has 290 valence electrons. The average molecular weight is 761 g/mol. The highest BCUT2D eigenvalue weighted by atomic mass is 35.5. The molecule has 0 spiro atoms. The second-order valence-corrected chi connectivity index (χ2v) is 13.5. The SMILES string of the molecule is COc1ccc(Nc2nc(NC3CCCCCC3)nc(NC3CC[N+](C)(CCOCCOCCOCCOCCOCCO)CC3)n2)cc1Cl.[Cl-]. The number of piperidine rings is 1. The summed E-state index contributed by atoms with van der Waals surface area (Å²) in [5.74, 6) is 2.24. The van der Waals surface area contributed by atoms with Gasteiger partial charge in [-0.3, -0.25) is 0 Å². The van der Waals surface area contributed by atoms with E-state index in [2.05, 4.69) is 23.0 Å². The number of hydrogen-bond donors (Lipinski definition) is 4. The molecule has 0 atom stereocenters. The van der Waals surface area contributed by atoms with Crippen LogP contribution in [0.1, 0.15) is 51.4 Å². The van der Waals surface area contributed by atoms with E-state index >= 15 is 0 Å². The highest BCUT2D eigenvalue weighted by molar-refractivity contribution is 6.32. The molecule has 16 heteroatoms. The Morgan fingerprint density at radius 2 is 1.20 bits per heavy atom. The van der Waals surface area contributed by atoms with Crippen LogP contribution in [-0.2, 0) is 23.7 Å². The number of benzene rings is 1. The van der Waals surface area contributed by atoms with Gasteiger partial charge in [-0.1, -0.05) is 37.3 Å². The third-order valence-corrected chi connectivity index (χ3v) is 9.39. The Labute approximate surface area is 314 Å². The van der Waals surface area contributed by atoms with Crippen molar-refractivity contribution in [3.05, 3.63) is 23.2 Å². The molecule has 14 nitrogen and oxygen atoms in total. The van der Waals surface area contributed by atoms with E-state index in [1.54, 1.807) is 7.11 Å². The second-order valence-electron chi connectivity index (χ2n) is 13.1. The number of nitrogens with one attached hydrogen (secondary N) is 3. The Morgan fingerprint density at radius 3 is 1.71 bits per heavy atom. The van der Waals surface area contributed by atoms with Crippen molar-refractivity contribution in [3.63, 3.8) is 0 Å². The van der Waals surface area contributed by atoms with Gasteiger partial charge in [0.05, 0.1) is 105 Å². The van der Waals surface area contributed by atoms with E-state index in [0.29, 0.717) is 101 Å². The fraction of sp³-hybridized carbons (Fsp3) is 0.743. The predicted octanol–water partition coefficient (Wildman–Crippen LogP) is 1.51. The molecule has 2 heterocycles. The van der Waals surface area contributed by atoms with Gasteiger partial charge in [0.25, 0.3) is 0 Å². The lowest BCUT2D eigenvalue weighted by molar-refractivity contribution is -0.914. The van der Waals surface area contributed by atoms with Crippen LogP contribution in [0.4, 0.5) is 23.5 Å². The normalized spacial score (nSPS) is 19.6. The summed E-state index contributed by atoms with van der Waals surface area (Å²) in [5.41, 5.74) is 0.776. The molecule has 0 unspecified atom stereocenters. The molecule has 1 saturated heterocycles. The van der Waals surface area contributed by atoms with E-state index in [-0.39, 0.29) is 25.1 Å². The Balaban J connectivity index is 0.00000702. The molecule has 1 aromatic carbocycles. The number of quaternary nitrogens is 1. The molecule has 1 aliphatic carbocycles. The highest BCUT2D eigenvalue weighted by Gasteiger charge is 2.30. The lowest BCUT2D eigenvalue weighted by Gasteiger charge is -2.40. The maximum Gasteiger partial charge on any atom is 0.233 e. The van der Waals surface area contributed by atoms with Crippen LogP contribution in [0, 0.1) is 0 Å². The first-order valence-electron chi connectivity index (χ1n) is 18.2.